The van der Waals surface area contributed by atoms with Crippen molar-refractivity contribution >= 4 is 0 Å². The van der Waals surface area contributed by atoms with Crippen molar-refractivity contribution in [3.05, 3.63) is 34.4 Å². The van der Waals surface area contributed by atoms with Gasteiger partial charge in [-0.25, -0.2) is 0 Å². The average Bonchev–Trinajstić information content (AvgIpc) is 2.17. The Bertz CT molecular complexity index is 377. The summed E-state index contributed by atoms with van der Waals surface area (Å²) >= 11 is 0. The number of rotatable bonds is 3. The highest BCUT2D eigenvalue weighted by Gasteiger charge is 2.20. The maximum absolute atomic E-state index is 3.72. The molecule has 1 heteroatoms. The van der Waals surface area contributed by atoms with Gasteiger partial charge in [0.2, 0.25) is 0 Å². The molecule has 0 radical (unpaired) electrons. The molecule has 0 bridgehead atoms. The van der Waals surface area contributed by atoms with Gasteiger partial charge in [0.25, 0.3) is 0 Å². The van der Waals surface area contributed by atoms with Crippen LogP contribution in [0.3, 0.4) is 0 Å². The van der Waals surface area contributed by atoms with Gasteiger partial charge in [-0.1, -0.05) is 18.6 Å². The van der Waals surface area contributed by atoms with Crippen molar-refractivity contribution in [3.8, 4) is 0 Å². The fourth-order valence-electron chi connectivity index (χ4n) is 2.47. The topological polar surface area (TPSA) is 12.0 Å². The minimum Gasteiger partial charge on any atom is -0.307 e. The second-order valence-corrected chi connectivity index (χ2v) is 5.31. The zero-order valence-corrected chi connectivity index (χ0v) is 10.9. The zero-order valence-electron chi connectivity index (χ0n) is 10.9. The van der Waals surface area contributed by atoms with Gasteiger partial charge in [-0.05, 0) is 62.8 Å². The van der Waals surface area contributed by atoms with E-state index in [0.29, 0.717) is 6.04 Å². The SMILES string of the molecule is Cc1cc(C)c(C(C)NC2CCC2)cc1C. The minimum atomic E-state index is 0.490. The van der Waals surface area contributed by atoms with Gasteiger partial charge in [0, 0.05) is 12.1 Å². The number of hydrogen-bond acceptors (Lipinski definition) is 1. The fraction of sp³-hybridized carbons (Fsp3) is 0.600. The normalized spacial score (nSPS) is 18.2. The molecule has 0 spiro atoms. The summed E-state index contributed by atoms with van der Waals surface area (Å²) in [6.07, 6.45) is 4.11. The van der Waals surface area contributed by atoms with Gasteiger partial charge < -0.3 is 5.32 Å². The Morgan fingerprint density at radius 3 is 2.25 bits per heavy atom. The first-order chi connectivity index (χ1) is 7.58. The van der Waals surface area contributed by atoms with Crippen molar-refractivity contribution in [3.63, 3.8) is 0 Å². The molecule has 2 rings (SSSR count). The van der Waals surface area contributed by atoms with Gasteiger partial charge in [0.15, 0.2) is 0 Å². The van der Waals surface area contributed by atoms with Gasteiger partial charge in [-0.2, -0.15) is 0 Å². The second-order valence-electron chi connectivity index (χ2n) is 5.31. The molecule has 1 aromatic carbocycles. The summed E-state index contributed by atoms with van der Waals surface area (Å²) in [5.74, 6) is 0. The van der Waals surface area contributed by atoms with E-state index < -0.39 is 0 Å². The van der Waals surface area contributed by atoms with Crippen LogP contribution in [0.15, 0.2) is 12.1 Å². The van der Waals surface area contributed by atoms with E-state index in [1.165, 1.54) is 41.5 Å². The van der Waals surface area contributed by atoms with E-state index in [-0.39, 0.29) is 0 Å². The molecule has 1 atom stereocenters. The van der Waals surface area contributed by atoms with Crippen LogP contribution >= 0.6 is 0 Å². The summed E-state index contributed by atoms with van der Waals surface area (Å²) in [5, 5.41) is 3.72. The third-order valence-electron chi connectivity index (χ3n) is 3.94. The summed E-state index contributed by atoms with van der Waals surface area (Å²) in [4.78, 5) is 0. The van der Waals surface area contributed by atoms with Crippen LogP contribution in [-0.2, 0) is 0 Å². The number of nitrogens with one attached hydrogen (secondary N) is 1. The molecule has 0 amide bonds. The van der Waals surface area contributed by atoms with E-state index in [9.17, 15) is 0 Å². The molecule has 0 saturated heterocycles. The Labute approximate surface area is 99.3 Å². The van der Waals surface area contributed by atoms with Crippen molar-refractivity contribution in [1.29, 1.82) is 0 Å². The first-order valence-corrected chi connectivity index (χ1v) is 6.41. The molecule has 0 heterocycles. The summed E-state index contributed by atoms with van der Waals surface area (Å²) in [6, 6.07) is 5.91. The van der Waals surface area contributed by atoms with Gasteiger partial charge in [-0.3, -0.25) is 0 Å². The highest BCUT2D eigenvalue weighted by molar-refractivity contribution is 5.38. The average molecular weight is 217 g/mol. The first-order valence-electron chi connectivity index (χ1n) is 6.41. The van der Waals surface area contributed by atoms with Crippen LogP contribution < -0.4 is 5.32 Å². The molecule has 1 aliphatic carbocycles. The number of benzene rings is 1. The van der Waals surface area contributed by atoms with Crippen LogP contribution in [0.1, 0.15) is 54.5 Å². The van der Waals surface area contributed by atoms with Crippen molar-refractivity contribution in [2.24, 2.45) is 0 Å². The molecule has 0 aromatic heterocycles. The van der Waals surface area contributed by atoms with Crippen LogP contribution in [0.25, 0.3) is 0 Å². The van der Waals surface area contributed by atoms with Gasteiger partial charge in [0.1, 0.15) is 0 Å². The van der Waals surface area contributed by atoms with E-state index in [4.69, 9.17) is 0 Å². The number of aryl methyl sites for hydroxylation is 3. The molecule has 1 saturated carbocycles. The fourth-order valence-corrected chi connectivity index (χ4v) is 2.47. The van der Waals surface area contributed by atoms with Crippen molar-refractivity contribution in [1.82, 2.24) is 5.32 Å². The van der Waals surface area contributed by atoms with Crippen LogP contribution in [0.2, 0.25) is 0 Å². The smallest absolute Gasteiger partial charge is 0.0297 e. The third kappa shape index (κ3) is 2.30. The van der Waals surface area contributed by atoms with Crippen molar-refractivity contribution in [2.75, 3.05) is 0 Å². The van der Waals surface area contributed by atoms with E-state index in [1.807, 2.05) is 0 Å². The standard InChI is InChI=1S/C15H23N/c1-10-8-12(3)15(9-11(10)2)13(4)16-14-6-5-7-14/h8-9,13-14,16H,5-7H2,1-4H3. The lowest BCUT2D eigenvalue weighted by Crippen LogP contribution is -2.37. The van der Waals surface area contributed by atoms with Crippen molar-refractivity contribution < 1.29 is 0 Å². The summed E-state index contributed by atoms with van der Waals surface area (Å²) in [7, 11) is 0. The van der Waals surface area contributed by atoms with Crippen LogP contribution in [-0.4, -0.2) is 6.04 Å². The largest absolute Gasteiger partial charge is 0.307 e. The van der Waals surface area contributed by atoms with Crippen LogP contribution in [0.5, 0.6) is 0 Å². The van der Waals surface area contributed by atoms with E-state index in [0.717, 1.165) is 6.04 Å². The monoisotopic (exact) mass is 217 g/mol. The molecular formula is C15H23N. The molecule has 1 unspecified atom stereocenters. The summed E-state index contributed by atoms with van der Waals surface area (Å²) in [6.45, 7) is 8.90. The second kappa shape index (κ2) is 4.58. The zero-order chi connectivity index (χ0) is 11.7. The third-order valence-corrected chi connectivity index (χ3v) is 3.94. The lowest BCUT2D eigenvalue weighted by Gasteiger charge is -2.31. The van der Waals surface area contributed by atoms with Gasteiger partial charge in [0.05, 0.1) is 0 Å². The molecule has 16 heavy (non-hydrogen) atoms. The van der Waals surface area contributed by atoms with E-state index in [1.54, 1.807) is 0 Å². The number of hydrogen-bond donors (Lipinski definition) is 1. The Balaban J connectivity index is 2.14. The van der Waals surface area contributed by atoms with E-state index >= 15 is 0 Å². The predicted molar refractivity (Wildman–Crippen MR) is 69.8 cm³/mol. The molecular weight excluding hydrogens is 194 g/mol. The van der Waals surface area contributed by atoms with E-state index in [2.05, 4.69) is 45.1 Å². The highest BCUT2D eigenvalue weighted by Crippen LogP contribution is 2.26. The summed E-state index contributed by atoms with van der Waals surface area (Å²) < 4.78 is 0. The molecule has 0 aliphatic heterocycles. The highest BCUT2D eigenvalue weighted by atomic mass is 15.0. The lowest BCUT2D eigenvalue weighted by atomic mass is 9.90. The Morgan fingerprint density at radius 1 is 1.06 bits per heavy atom. The molecule has 1 N–H and O–H groups in total. The summed E-state index contributed by atoms with van der Waals surface area (Å²) in [5.41, 5.74) is 5.69. The Hall–Kier alpha value is -0.820. The molecule has 88 valence electrons. The molecule has 1 fully saturated rings. The molecule has 1 aliphatic rings. The molecule has 1 nitrogen and oxygen atoms in total. The van der Waals surface area contributed by atoms with Gasteiger partial charge >= 0.3 is 0 Å². The molecule has 1 aromatic rings. The Kier molecular flexibility index (Phi) is 3.34. The Morgan fingerprint density at radius 2 is 1.69 bits per heavy atom. The quantitative estimate of drug-likeness (QED) is 0.811. The predicted octanol–water partition coefficient (Wildman–Crippen LogP) is 3.81. The maximum atomic E-state index is 3.72. The van der Waals surface area contributed by atoms with Crippen molar-refractivity contribution in [2.45, 2.75) is 59.0 Å². The minimum absolute atomic E-state index is 0.490. The lowest BCUT2D eigenvalue weighted by molar-refractivity contribution is 0.313. The van der Waals surface area contributed by atoms with Crippen LogP contribution in [0.4, 0.5) is 0 Å². The maximum Gasteiger partial charge on any atom is 0.0297 e. The first kappa shape index (κ1) is 11.7. The van der Waals surface area contributed by atoms with Gasteiger partial charge in [-0.15, -0.1) is 0 Å². The van der Waals surface area contributed by atoms with Crippen LogP contribution in [0, 0.1) is 20.8 Å².